The molecule has 0 bridgehead atoms. The van der Waals surface area contributed by atoms with E-state index in [-0.39, 0.29) is 0 Å². The lowest BCUT2D eigenvalue weighted by Crippen LogP contribution is -2.28. The van der Waals surface area contributed by atoms with E-state index in [0.717, 1.165) is 13.0 Å². The van der Waals surface area contributed by atoms with Crippen molar-refractivity contribution >= 4 is 6.21 Å². The summed E-state index contributed by atoms with van der Waals surface area (Å²) in [6.07, 6.45) is 13.6. The Labute approximate surface area is 80.4 Å². The molecule has 0 fully saturated rings. The summed E-state index contributed by atoms with van der Waals surface area (Å²) < 4.78 is 0. The van der Waals surface area contributed by atoms with Crippen LogP contribution in [0.4, 0.5) is 0 Å². The summed E-state index contributed by atoms with van der Waals surface area (Å²) in [4.78, 5) is 4.15. The molecular weight excluding hydrogens is 160 g/mol. The lowest BCUT2D eigenvalue weighted by Gasteiger charge is -2.11. The topological polar surface area (TPSA) is 24.4 Å². The Morgan fingerprint density at radius 2 is 2.46 bits per heavy atom. The van der Waals surface area contributed by atoms with Crippen LogP contribution in [0.1, 0.15) is 26.2 Å². The predicted molar refractivity (Wildman–Crippen MR) is 58.1 cm³/mol. The third-order valence-electron chi connectivity index (χ3n) is 2.10. The van der Waals surface area contributed by atoms with Crippen LogP contribution in [-0.2, 0) is 0 Å². The van der Waals surface area contributed by atoms with Crippen molar-refractivity contribution in [2.45, 2.75) is 32.2 Å². The van der Waals surface area contributed by atoms with Gasteiger partial charge in [-0.1, -0.05) is 18.2 Å². The average molecular weight is 178 g/mol. The molecule has 72 valence electrons. The first kappa shape index (κ1) is 10.2. The largest absolute Gasteiger partial charge is 0.310 e. The second kappa shape index (κ2) is 6.61. The van der Waals surface area contributed by atoms with Crippen molar-refractivity contribution < 1.29 is 0 Å². The number of nitrogens with one attached hydrogen (secondary N) is 1. The molecule has 1 rings (SSSR count). The summed E-state index contributed by atoms with van der Waals surface area (Å²) in [7, 11) is 0. The van der Waals surface area contributed by atoms with E-state index in [4.69, 9.17) is 0 Å². The van der Waals surface area contributed by atoms with Gasteiger partial charge < -0.3 is 5.32 Å². The molecule has 1 N–H and O–H groups in total. The molecule has 0 aliphatic carbocycles. The van der Waals surface area contributed by atoms with Crippen molar-refractivity contribution in [2.75, 3.05) is 6.54 Å². The van der Waals surface area contributed by atoms with E-state index in [9.17, 15) is 0 Å². The van der Waals surface area contributed by atoms with Crippen LogP contribution in [0.5, 0.6) is 0 Å². The summed E-state index contributed by atoms with van der Waals surface area (Å²) in [5, 5.41) is 3.46. The molecule has 0 saturated heterocycles. The van der Waals surface area contributed by atoms with Gasteiger partial charge in [0, 0.05) is 25.0 Å². The molecule has 2 heteroatoms. The fourth-order valence-corrected chi connectivity index (χ4v) is 1.37. The van der Waals surface area contributed by atoms with Crippen LogP contribution in [-0.4, -0.2) is 18.8 Å². The molecule has 0 amide bonds. The fraction of sp³-hybridized carbons (Fsp3) is 0.545. The molecule has 1 aliphatic rings. The highest BCUT2D eigenvalue weighted by molar-refractivity contribution is 5.58. The Morgan fingerprint density at radius 1 is 1.54 bits per heavy atom. The monoisotopic (exact) mass is 178 g/mol. The van der Waals surface area contributed by atoms with Crippen molar-refractivity contribution in [1.82, 2.24) is 5.32 Å². The van der Waals surface area contributed by atoms with E-state index < -0.39 is 0 Å². The molecule has 1 heterocycles. The molecule has 13 heavy (non-hydrogen) atoms. The highest BCUT2D eigenvalue weighted by Crippen LogP contribution is 2.04. The summed E-state index contributed by atoms with van der Waals surface area (Å²) in [6.45, 7) is 2.98. The standard InChI is InChI=1S/C11H18N2/c1-2-8-12-10-7-11-6-4-3-5-9-13-11/h2-3,5,8,10-11,13H,4,6-7,9H2,1H3/b8-2-,12-10?. The molecular formula is C11H18N2. The summed E-state index contributed by atoms with van der Waals surface area (Å²) >= 11 is 0. The molecule has 1 aliphatic heterocycles. The number of hydrogen-bond acceptors (Lipinski definition) is 2. The molecule has 0 aromatic heterocycles. The van der Waals surface area contributed by atoms with Crippen molar-refractivity contribution in [3.05, 3.63) is 24.4 Å². The van der Waals surface area contributed by atoms with Gasteiger partial charge in [-0.25, -0.2) is 0 Å². The second-order valence-electron chi connectivity index (χ2n) is 3.20. The van der Waals surface area contributed by atoms with Crippen LogP contribution < -0.4 is 5.32 Å². The van der Waals surface area contributed by atoms with Crippen molar-refractivity contribution in [1.29, 1.82) is 0 Å². The maximum Gasteiger partial charge on any atom is 0.0221 e. The summed E-state index contributed by atoms with van der Waals surface area (Å²) in [6, 6.07) is 0.601. The van der Waals surface area contributed by atoms with E-state index in [1.165, 1.54) is 12.8 Å². The lowest BCUT2D eigenvalue weighted by atomic mass is 10.1. The molecule has 0 aromatic rings. The molecule has 0 spiro atoms. The Morgan fingerprint density at radius 3 is 3.31 bits per heavy atom. The number of rotatable bonds is 3. The fourth-order valence-electron chi connectivity index (χ4n) is 1.37. The van der Waals surface area contributed by atoms with Gasteiger partial charge in [-0.2, -0.15) is 0 Å². The second-order valence-corrected chi connectivity index (χ2v) is 3.20. The Bertz CT molecular complexity index is 194. The molecule has 1 unspecified atom stereocenters. The Kier molecular flexibility index (Phi) is 5.18. The minimum atomic E-state index is 0.601. The number of nitrogens with zero attached hydrogens (tertiary/aromatic N) is 1. The van der Waals surface area contributed by atoms with E-state index >= 15 is 0 Å². The zero-order valence-electron chi connectivity index (χ0n) is 8.24. The van der Waals surface area contributed by atoms with Crippen LogP contribution in [0, 0.1) is 0 Å². The molecule has 0 saturated carbocycles. The van der Waals surface area contributed by atoms with Crippen LogP contribution in [0.3, 0.4) is 0 Å². The van der Waals surface area contributed by atoms with Crippen molar-refractivity contribution in [3.63, 3.8) is 0 Å². The first-order valence-corrected chi connectivity index (χ1v) is 4.94. The SMILES string of the molecule is C/C=C\N=CCC1CCC=CCN1. The molecule has 0 radical (unpaired) electrons. The highest BCUT2D eigenvalue weighted by Gasteiger charge is 2.05. The zero-order valence-corrected chi connectivity index (χ0v) is 8.24. The van der Waals surface area contributed by atoms with E-state index in [2.05, 4.69) is 22.5 Å². The van der Waals surface area contributed by atoms with Gasteiger partial charge in [-0.05, 0) is 26.2 Å². The van der Waals surface area contributed by atoms with Gasteiger partial charge in [-0.15, -0.1) is 0 Å². The van der Waals surface area contributed by atoms with Crippen molar-refractivity contribution in [2.24, 2.45) is 4.99 Å². The van der Waals surface area contributed by atoms with Crippen LogP contribution >= 0.6 is 0 Å². The number of aliphatic imine (C=N–C) groups is 1. The van der Waals surface area contributed by atoms with Crippen LogP contribution in [0.2, 0.25) is 0 Å². The molecule has 0 aromatic carbocycles. The zero-order chi connectivity index (χ0) is 9.36. The van der Waals surface area contributed by atoms with Gasteiger partial charge in [0.05, 0.1) is 0 Å². The van der Waals surface area contributed by atoms with Gasteiger partial charge in [0.15, 0.2) is 0 Å². The maximum absolute atomic E-state index is 4.15. The third-order valence-corrected chi connectivity index (χ3v) is 2.10. The lowest BCUT2D eigenvalue weighted by molar-refractivity contribution is 0.537. The van der Waals surface area contributed by atoms with E-state index in [1.54, 1.807) is 0 Å². The minimum absolute atomic E-state index is 0.601. The van der Waals surface area contributed by atoms with Crippen LogP contribution in [0.25, 0.3) is 0 Å². The number of allylic oxidation sites excluding steroid dienone is 2. The summed E-state index contributed by atoms with van der Waals surface area (Å²) in [5.74, 6) is 0. The highest BCUT2D eigenvalue weighted by atomic mass is 14.9. The van der Waals surface area contributed by atoms with Gasteiger partial charge in [0.25, 0.3) is 0 Å². The normalized spacial score (nSPS) is 24.2. The van der Waals surface area contributed by atoms with Gasteiger partial charge in [-0.3, -0.25) is 4.99 Å². The maximum atomic E-state index is 4.15. The first-order chi connectivity index (χ1) is 6.43. The minimum Gasteiger partial charge on any atom is -0.310 e. The average Bonchev–Trinajstić information content (AvgIpc) is 2.41. The quantitative estimate of drug-likeness (QED) is 0.520. The van der Waals surface area contributed by atoms with E-state index in [0.29, 0.717) is 6.04 Å². The number of hydrogen-bond donors (Lipinski definition) is 1. The smallest absolute Gasteiger partial charge is 0.0221 e. The Balaban J connectivity index is 2.20. The van der Waals surface area contributed by atoms with Gasteiger partial charge in [0.2, 0.25) is 0 Å². The first-order valence-electron chi connectivity index (χ1n) is 4.94. The Hall–Kier alpha value is -0.890. The van der Waals surface area contributed by atoms with Crippen LogP contribution in [0.15, 0.2) is 29.4 Å². The van der Waals surface area contributed by atoms with E-state index in [1.807, 2.05) is 25.4 Å². The van der Waals surface area contributed by atoms with Gasteiger partial charge >= 0.3 is 0 Å². The van der Waals surface area contributed by atoms with Gasteiger partial charge in [0.1, 0.15) is 0 Å². The predicted octanol–water partition coefficient (Wildman–Crippen LogP) is 2.29. The third kappa shape index (κ3) is 4.63. The van der Waals surface area contributed by atoms with Crippen molar-refractivity contribution in [3.8, 4) is 0 Å². The molecule has 1 atom stereocenters. The summed E-state index contributed by atoms with van der Waals surface area (Å²) in [5.41, 5.74) is 0. The molecule has 2 nitrogen and oxygen atoms in total.